The first-order valence-electron chi connectivity index (χ1n) is 8.18. The Morgan fingerprint density at radius 2 is 1.96 bits per heavy atom. The summed E-state index contributed by atoms with van der Waals surface area (Å²) in [5.74, 6) is 0.0571. The number of hydrazone groups is 1. The van der Waals surface area contributed by atoms with Gasteiger partial charge in [-0.2, -0.15) is 18.3 Å². The number of nitrogens with zero attached hydrogens (tertiary/aromatic N) is 3. The van der Waals surface area contributed by atoms with Gasteiger partial charge in [0, 0.05) is 36.3 Å². The van der Waals surface area contributed by atoms with Gasteiger partial charge in [-0.15, -0.1) is 0 Å². The van der Waals surface area contributed by atoms with E-state index in [0.29, 0.717) is 6.20 Å². The van der Waals surface area contributed by atoms with Gasteiger partial charge in [0.05, 0.1) is 10.6 Å². The fourth-order valence-electron chi connectivity index (χ4n) is 3.18. The summed E-state index contributed by atoms with van der Waals surface area (Å²) in [6.07, 6.45) is -0.386. The first-order valence-corrected chi connectivity index (χ1v) is 8.56. The van der Waals surface area contributed by atoms with E-state index in [1.165, 1.54) is 11.8 Å². The third kappa shape index (κ3) is 3.64. The standard InChI is InChI=1S/C19H18ClF3N4/c1-18(2)13-6-4-5-7-15(13)27(3)16(18)8-9-25-26-17-14(20)10-12(11-24-17)19(21,22)23/h4-11H,1-3H3,(H,24,26)/b16-8+,25-9?. The van der Waals surface area contributed by atoms with Gasteiger partial charge in [0.25, 0.3) is 0 Å². The second-order valence-corrected chi connectivity index (χ2v) is 7.10. The van der Waals surface area contributed by atoms with E-state index < -0.39 is 11.7 Å². The number of aromatic nitrogens is 1. The van der Waals surface area contributed by atoms with Gasteiger partial charge in [-0.3, -0.25) is 5.43 Å². The largest absolute Gasteiger partial charge is 0.417 e. The van der Waals surface area contributed by atoms with Gasteiger partial charge in [0.1, 0.15) is 0 Å². The predicted molar refractivity (Wildman–Crippen MR) is 102 cm³/mol. The van der Waals surface area contributed by atoms with Crippen molar-refractivity contribution in [3.8, 4) is 0 Å². The molecule has 0 spiro atoms. The van der Waals surface area contributed by atoms with Gasteiger partial charge in [-0.1, -0.05) is 43.6 Å². The van der Waals surface area contributed by atoms with Crippen LogP contribution in [0.15, 0.2) is 53.4 Å². The Hall–Kier alpha value is -2.54. The minimum absolute atomic E-state index is 0.0571. The van der Waals surface area contributed by atoms with E-state index in [2.05, 4.69) is 46.4 Å². The minimum Gasteiger partial charge on any atom is -0.347 e. The molecule has 1 N–H and O–H groups in total. The number of anilines is 2. The molecule has 0 aliphatic carbocycles. The molecule has 1 aromatic carbocycles. The zero-order valence-electron chi connectivity index (χ0n) is 15.0. The van der Waals surface area contributed by atoms with E-state index in [9.17, 15) is 13.2 Å². The molecule has 4 nitrogen and oxygen atoms in total. The Balaban J connectivity index is 1.77. The number of hydrogen-bond donors (Lipinski definition) is 1. The number of benzene rings is 1. The zero-order chi connectivity index (χ0) is 19.8. The molecule has 8 heteroatoms. The van der Waals surface area contributed by atoms with Crippen molar-refractivity contribution in [2.75, 3.05) is 17.4 Å². The number of nitrogens with one attached hydrogen (secondary N) is 1. The van der Waals surface area contributed by atoms with E-state index in [-0.39, 0.29) is 16.3 Å². The fraction of sp³-hybridized carbons (Fsp3) is 0.263. The number of allylic oxidation sites excluding steroid dienone is 2. The minimum atomic E-state index is -4.49. The summed E-state index contributed by atoms with van der Waals surface area (Å²) in [6.45, 7) is 4.24. The van der Waals surface area contributed by atoms with Crippen LogP contribution in [0.3, 0.4) is 0 Å². The predicted octanol–water partition coefficient (Wildman–Crippen LogP) is 5.46. The lowest BCUT2D eigenvalue weighted by Crippen LogP contribution is -2.23. The van der Waals surface area contributed by atoms with Gasteiger partial charge < -0.3 is 4.90 Å². The third-order valence-corrected chi connectivity index (χ3v) is 4.87. The fourth-order valence-corrected chi connectivity index (χ4v) is 3.39. The van der Waals surface area contributed by atoms with Crippen molar-refractivity contribution >= 4 is 29.3 Å². The number of hydrogen-bond acceptors (Lipinski definition) is 4. The number of rotatable bonds is 3. The third-order valence-electron chi connectivity index (χ3n) is 4.59. The van der Waals surface area contributed by atoms with Crippen LogP contribution in [0.1, 0.15) is 25.0 Å². The molecule has 0 unspecified atom stereocenters. The van der Waals surface area contributed by atoms with E-state index in [1.54, 1.807) is 0 Å². The lowest BCUT2D eigenvalue weighted by atomic mass is 9.84. The van der Waals surface area contributed by atoms with Crippen LogP contribution in [0, 0.1) is 0 Å². The van der Waals surface area contributed by atoms with Crippen LogP contribution < -0.4 is 10.3 Å². The average molecular weight is 395 g/mol. The summed E-state index contributed by atoms with van der Waals surface area (Å²) in [6, 6.07) is 8.95. The molecule has 0 atom stereocenters. The zero-order valence-corrected chi connectivity index (χ0v) is 15.7. The lowest BCUT2D eigenvalue weighted by molar-refractivity contribution is -0.137. The summed E-state index contributed by atoms with van der Waals surface area (Å²) < 4.78 is 37.9. The maximum Gasteiger partial charge on any atom is 0.417 e. The Labute approximate surface area is 160 Å². The quantitative estimate of drug-likeness (QED) is 0.555. The van der Waals surface area contributed by atoms with E-state index in [0.717, 1.165) is 17.5 Å². The van der Waals surface area contributed by atoms with E-state index in [4.69, 9.17) is 11.6 Å². The molecule has 2 heterocycles. The van der Waals surface area contributed by atoms with Crippen molar-refractivity contribution in [3.05, 3.63) is 64.5 Å². The molecule has 1 aliphatic heterocycles. The van der Waals surface area contributed by atoms with Gasteiger partial charge in [-0.05, 0) is 23.8 Å². The summed E-state index contributed by atoms with van der Waals surface area (Å²) >= 11 is 5.85. The Kier molecular flexibility index (Phi) is 4.90. The van der Waals surface area contributed by atoms with Crippen LogP contribution in [0.4, 0.5) is 24.7 Å². The molecule has 27 heavy (non-hydrogen) atoms. The van der Waals surface area contributed by atoms with Gasteiger partial charge in [0.15, 0.2) is 5.82 Å². The molecule has 0 amide bonds. The topological polar surface area (TPSA) is 40.5 Å². The van der Waals surface area contributed by atoms with Crippen LogP contribution in [-0.4, -0.2) is 18.2 Å². The number of pyridine rings is 1. The monoisotopic (exact) mass is 394 g/mol. The van der Waals surface area contributed by atoms with Gasteiger partial charge in [-0.25, -0.2) is 4.98 Å². The first-order chi connectivity index (χ1) is 12.6. The highest BCUT2D eigenvalue weighted by atomic mass is 35.5. The van der Waals surface area contributed by atoms with Crippen LogP contribution in [0.5, 0.6) is 0 Å². The normalized spacial score (nSPS) is 17.6. The highest BCUT2D eigenvalue weighted by Gasteiger charge is 2.37. The molecular weight excluding hydrogens is 377 g/mol. The molecular formula is C19H18ClF3N4. The maximum absolute atomic E-state index is 12.6. The van der Waals surface area contributed by atoms with E-state index >= 15 is 0 Å². The molecule has 0 bridgehead atoms. The van der Waals surface area contributed by atoms with Crippen molar-refractivity contribution in [2.24, 2.45) is 5.10 Å². The molecule has 0 saturated heterocycles. The van der Waals surface area contributed by atoms with Gasteiger partial charge in [0.2, 0.25) is 0 Å². The SMILES string of the molecule is CN1/C(=C/C=NNc2ncc(C(F)(F)F)cc2Cl)C(C)(C)c2ccccc21. The Bertz CT molecular complexity index is 919. The lowest BCUT2D eigenvalue weighted by Gasteiger charge is -2.23. The highest BCUT2D eigenvalue weighted by Crippen LogP contribution is 2.46. The molecule has 1 aromatic heterocycles. The molecule has 3 rings (SSSR count). The Morgan fingerprint density at radius 3 is 2.59 bits per heavy atom. The average Bonchev–Trinajstić information content (AvgIpc) is 2.79. The number of likely N-dealkylation sites (N-methyl/N-ethyl adjacent to an activating group) is 1. The summed E-state index contributed by atoms with van der Waals surface area (Å²) in [7, 11) is 1.98. The second kappa shape index (κ2) is 6.88. The number of para-hydroxylation sites is 1. The van der Waals surface area contributed by atoms with Crippen molar-refractivity contribution in [3.63, 3.8) is 0 Å². The summed E-state index contributed by atoms with van der Waals surface area (Å²) in [5, 5.41) is 3.86. The van der Waals surface area contributed by atoms with Gasteiger partial charge >= 0.3 is 6.18 Å². The molecule has 0 fully saturated rings. The molecule has 142 valence electrons. The number of alkyl halides is 3. The van der Waals surface area contributed by atoms with Crippen LogP contribution in [0.25, 0.3) is 0 Å². The van der Waals surface area contributed by atoms with Crippen LogP contribution in [0.2, 0.25) is 5.02 Å². The first kappa shape index (κ1) is 19.2. The second-order valence-electron chi connectivity index (χ2n) is 6.70. The van der Waals surface area contributed by atoms with Crippen molar-refractivity contribution in [1.82, 2.24) is 4.98 Å². The maximum atomic E-state index is 12.6. The molecule has 0 radical (unpaired) electrons. The number of fused-ring (bicyclic) bond motifs is 1. The highest BCUT2D eigenvalue weighted by molar-refractivity contribution is 6.32. The van der Waals surface area contributed by atoms with Crippen LogP contribution in [-0.2, 0) is 11.6 Å². The van der Waals surface area contributed by atoms with Crippen molar-refractivity contribution < 1.29 is 13.2 Å². The molecule has 0 saturated carbocycles. The number of halogens is 4. The Morgan fingerprint density at radius 1 is 1.26 bits per heavy atom. The summed E-state index contributed by atoms with van der Waals surface area (Å²) in [4.78, 5) is 5.77. The van der Waals surface area contributed by atoms with E-state index in [1.807, 2.05) is 25.3 Å². The van der Waals surface area contributed by atoms with Crippen LogP contribution >= 0.6 is 11.6 Å². The summed E-state index contributed by atoms with van der Waals surface area (Å²) in [5.41, 5.74) is 4.86. The van der Waals surface area contributed by atoms with Crippen molar-refractivity contribution in [2.45, 2.75) is 25.4 Å². The molecule has 1 aliphatic rings. The smallest absolute Gasteiger partial charge is 0.347 e. The van der Waals surface area contributed by atoms with Crippen molar-refractivity contribution in [1.29, 1.82) is 0 Å². The molecule has 2 aromatic rings.